The van der Waals surface area contributed by atoms with Crippen LogP contribution in [-0.2, 0) is 4.79 Å². The second kappa shape index (κ2) is 6.28. The Morgan fingerprint density at radius 3 is 2.81 bits per heavy atom. The first-order valence-corrected chi connectivity index (χ1v) is 5.70. The molecular formula is C13H20N2O. The number of aryl methyl sites for hydroxylation is 1. The number of hydrogen-bond donors (Lipinski definition) is 2. The van der Waals surface area contributed by atoms with E-state index in [0.717, 1.165) is 12.1 Å². The Kier molecular flexibility index (Phi) is 4.99. The van der Waals surface area contributed by atoms with Crippen LogP contribution in [0.5, 0.6) is 0 Å². The van der Waals surface area contributed by atoms with E-state index < -0.39 is 0 Å². The van der Waals surface area contributed by atoms with Crippen molar-refractivity contribution in [2.45, 2.75) is 26.8 Å². The SMILES string of the molecule is CCNCC(=O)N[C@H](C)c1cccc(C)c1. The highest BCUT2D eigenvalue weighted by atomic mass is 16.1. The maximum absolute atomic E-state index is 11.5. The van der Waals surface area contributed by atoms with Gasteiger partial charge in [-0.15, -0.1) is 0 Å². The van der Waals surface area contributed by atoms with Crippen molar-refractivity contribution in [2.75, 3.05) is 13.1 Å². The molecule has 0 aliphatic rings. The number of rotatable bonds is 5. The summed E-state index contributed by atoms with van der Waals surface area (Å²) in [4.78, 5) is 11.5. The van der Waals surface area contributed by atoms with E-state index in [1.165, 1.54) is 5.56 Å². The van der Waals surface area contributed by atoms with Crippen molar-refractivity contribution in [1.29, 1.82) is 0 Å². The van der Waals surface area contributed by atoms with Gasteiger partial charge < -0.3 is 10.6 Å². The van der Waals surface area contributed by atoms with E-state index in [1.54, 1.807) is 0 Å². The first-order valence-electron chi connectivity index (χ1n) is 5.70. The average molecular weight is 220 g/mol. The van der Waals surface area contributed by atoms with Crippen LogP contribution in [0.3, 0.4) is 0 Å². The lowest BCUT2D eigenvalue weighted by Crippen LogP contribution is -2.35. The summed E-state index contributed by atoms with van der Waals surface area (Å²) >= 11 is 0. The van der Waals surface area contributed by atoms with Gasteiger partial charge in [-0.1, -0.05) is 36.8 Å². The highest BCUT2D eigenvalue weighted by Gasteiger charge is 2.08. The molecule has 88 valence electrons. The van der Waals surface area contributed by atoms with Crippen LogP contribution in [0.25, 0.3) is 0 Å². The molecule has 1 atom stereocenters. The van der Waals surface area contributed by atoms with Gasteiger partial charge in [0.1, 0.15) is 0 Å². The molecule has 1 aromatic rings. The number of amides is 1. The van der Waals surface area contributed by atoms with E-state index in [0.29, 0.717) is 6.54 Å². The first-order chi connectivity index (χ1) is 7.63. The third-order valence-corrected chi connectivity index (χ3v) is 2.46. The van der Waals surface area contributed by atoms with Crippen molar-refractivity contribution >= 4 is 5.91 Å². The van der Waals surface area contributed by atoms with Crippen LogP contribution in [0.4, 0.5) is 0 Å². The predicted molar refractivity (Wildman–Crippen MR) is 66.3 cm³/mol. The minimum absolute atomic E-state index is 0.0378. The third-order valence-electron chi connectivity index (χ3n) is 2.46. The second-order valence-corrected chi connectivity index (χ2v) is 3.98. The molecule has 0 bridgehead atoms. The van der Waals surface area contributed by atoms with Crippen molar-refractivity contribution in [3.63, 3.8) is 0 Å². The van der Waals surface area contributed by atoms with Gasteiger partial charge in [-0.05, 0) is 26.0 Å². The minimum Gasteiger partial charge on any atom is -0.348 e. The summed E-state index contributed by atoms with van der Waals surface area (Å²) < 4.78 is 0. The summed E-state index contributed by atoms with van der Waals surface area (Å²) in [7, 11) is 0. The molecule has 0 saturated heterocycles. The topological polar surface area (TPSA) is 41.1 Å². The molecule has 0 spiro atoms. The number of hydrogen-bond acceptors (Lipinski definition) is 2. The Labute approximate surface area is 97.2 Å². The Morgan fingerprint density at radius 1 is 1.44 bits per heavy atom. The molecular weight excluding hydrogens is 200 g/mol. The van der Waals surface area contributed by atoms with Gasteiger partial charge in [0.25, 0.3) is 0 Å². The van der Waals surface area contributed by atoms with Crippen LogP contribution in [0.1, 0.15) is 31.0 Å². The molecule has 0 aliphatic heterocycles. The standard InChI is InChI=1S/C13H20N2O/c1-4-14-9-13(16)15-11(3)12-7-5-6-10(2)8-12/h5-8,11,14H,4,9H2,1-3H3,(H,15,16)/t11-/m1/s1. The van der Waals surface area contributed by atoms with E-state index in [2.05, 4.69) is 29.7 Å². The fraction of sp³-hybridized carbons (Fsp3) is 0.462. The van der Waals surface area contributed by atoms with Gasteiger partial charge in [0.15, 0.2) is 0 Å². The summed E-state index contributed by atoms with van der Waals surface area (Å²) in [6.07, 6.45) is 0. The smallest absolute Gasteiger partial charge is 0.234 e. The van der Waals surface area contributed by atoms with Crippen molar-refractivity contribution in [3.8, 4) is 0 Å². The number of likely N-dealkylation sites (N-methyl/N-ethyl adjacent to an activating group) is 1. The molecule has 1 aromatic carbocycles. The van der Waals surface area contributed by atoms with Crippen LogP contribution in [-0.4, -0.2) is 19.0 Å². The highest BCUT2D eigenvalue weighted by Crippen LogP contribution is 2.13. The minimum atomic E-state index is 0.0378. The largest absolute Gasteiger partial charge is 0.348 e. The molecule has 0 unspecified atom stereocenters. The fourth-order valence-corrected chi connectivity index (χ4v) is 1.55. The number of carbonyl (C=O) groups is 1. The molecule has 1 amide bonds. The maximum atomic E-state index is 11.5. The Bertz CT molecular complexity index is 350. The molecule has 2 N–H and O–H groups in total. The van der Waals surface area contributed by atoms with Crippen molar-refractivity contribution < 1.29 is 4.79 Å². The molecule has 0 fully saturated rings. The van der Waals surface area contributed by atoms with Gasteiger partial charge in [-0.3, -0.25) is 4.79 Å². The molecule has 16 heavy (non-hydrogen) atoms. The van der Waals surface area contributed by atoms with Gasteiger partial charge in [0, 0.05) is 0 Å². The predicted octanol–water partition coefficient (Wildman–Crippen LogP) is 1.78. The summed E-state index contributed by atoms with van der Waals surface area (Å²) in [6.45, 7) is 7.23. The van der Waals surface area contributed by atoms with Gasteiger partial charge in [0.05, 0.1) is 12.6 Å². The summed E-state index contributed by atoms with van der Waals surface area (Å²) in [5.74, 6) is 0.0378. The van der Waals surface area contributed by atoms with Gasteiger partial charge >= 0.3 is 0 Å². The van der Waals surface area contributed by atoms with Crippen LogP contribution < -0.4 is 10.6 Å². The zero-order valence-corrected chi connectivity index (χ0v) is 10.2. The summed E-state index contributed by atoms with van der Waals surface area (Å²) in [5.41, 5.74) is 2.36. The monoisotopic (exact) mass is 220 g/mol. The Morgan fingerprint density at radius 2 is 2.19 bits per heavy atom. The summed E-state index contributed by atoms with van der Waals surface area (Å²) in [6, 6.07) is 8.25. The van der Waals surface area contributed by atoms with Gasteiger partial charge in [-0.2, -0.15) is 0 Å². The number of carbonyl (C=O) groups excluding carboxylic acids is 1. The van der Waals surface area contributed by atoms with E-state index in [-0.39, 0.29) is 11.9 Å². The molecule has 3 heteroatoms. The lowest BCUT2D eigenvalue weighted by Gasteiger charge is -2.15. The second-order valence-electron chi connectivity index (χ2n) is 3.98. The molecule has 0 radical (unpaired) electrons. The molecule has 0 aliphatic carbocycles. The van der Waals surface area contributed by atoms with Crippen molar-refractivity contribution in [2.24, 2.45) is 0 Å². The summed E-state index contributed by atoms with van der Waals surface area (Å²) in [5, 5.41) is 5.96. The normalized spacial score (nSPS) is 12.2. The van der Waals surface area contributed by atoms with Crippen LogP contribution in [0, 0.1) is 6.92 Å². The Hall–Kier alpha value is -1.35. The third kappa shape index (κ3) is 4.03. The lowest BCUT2D eigenvalue weighted by atomic mass is 10.1. The first kappa shape index (κ1) is 12.7. The number of nitrogens with one attached hydrogen (secondary N) is 2. The van der Waals surface area contributed by atoms with Crippen LogP contribution in [0.15, 0.2) is 24.3 Å². The molecule has 0 aromatic heterocycles. The number of benzene rings is 1. The molecule has 1 rings (SSSR count). The molecule has 0 saturated carbocycles. The Balaban J connectivity index is 2.52. The highest BCUT2D eigenvalue weighted by molar-refractivity contribution is 5.78. The maximum Gasteiger partial charge on any atom is 0.234 e. The molecule has 0 heterocycles. The zero-order chi connectivity index (χ0) is 12.0. The van der Waals surface area contributed by atoms with E-state index in [4.69, 9.17) is 0 Å². The van der Waals surface area contributed by atoms with E-state index in [9.17, 15) is 4.79 Å². The van der Waals surface area contributed by atoms with E-state index >= 15 is 0 Å². The average Bonchev–Trinajstić information content (AvgIpc) is 2.26. The van der Waals surface area contributed by atoms with Crippen molar-refractivity contribution in [1.82, 2.24) is 10.6 Å². The van der Waals surface area contributed by atoms with Gasteiger partial charge in [-0.25, -0.2) is 0 Å². The van der Waals surface area contributed by atoms with Crippen LogP contribution in [0.2, 0.25) is 0 Å². The zero-order valence-electron chi connectivity index (χ0n) is 10.2. The van der Waals surface area contributed by atoms with Crippen molar-refractivity contribution in [3.05, 3.63) is 35.4 Å². The lowest BCUT2D eigenvalue weighted by molar-refractivity contribution is -0.120. The van der Waals surface area contributed by atoms with Crippen LogP contribution >= 0.6 is 0 Å². The molecule has 3 nitrogen and oxygen atoms in total. The fourth-order valence-electron chi connectivity index (χ4n) is 1.55. The quantitative estimate of drug-likeness (QED) is 0.794. The van der Waals surface area contributed by atoms with E-state index in [1.807, 2.05) is 26.0 Å². The van der Waals surface area contributed by atoms with Gasteiger partial charge in [0.2, 0.25) is 5.91 Å².